The summed E-state index contributed by atoms with van der Waals surface area (Å²) in [6.07, 6.45) is 4.58. The average Bonchev–Trinajstić information content (AvgIpc) is 3.51. The molecule has 248 valence electrons. The van der Waals surface area contributed by atoms with Crippen molar-refractivity contribution >= 4 is 34.5 Å². The predicted octanol–water partition coefficient (Wildman–Crippen LogP) is 5.94. The molecule has 3 amide bonds. The Morgan fingerprint density at radius 1 is 1.00 bits per heavy atom. The SMILES string of the molecule is COc1ccc(-c2ccc(CC(NC(=O)C3CCC(CNC(=O)OC(C)(C)C)CC3)C(=O)Nc3ccc4cn[nH]c4c3)cc2)c(C)n1. The van der Waals surface area contributed by atoms with Crippen LogP contribution in [0.5, 0.6) is 5.88 Å². The zero-order chi connectivity index (χ0) is 33.6. The quantitative estimate of drug-likeness (QED) is 0.168. The van der Waals surface area contributed by atoms with Crippen molar-refractivity contribution in [2.75, 3.05) is 19.0 Å². The lowest BCUT2D eigenvalue weighted by atomic mass is 9.81. The number of H-pyrrole nitrogens is 1. The smallest absolute Gasteiger partial charge is 0.407 e. The van der Waals surface area contributed by atoms with Gasteiger partial charge in [-0.2, -0.15) is 5.10 Å². The first-order chi connectivity index (χ1) is 22.5. The molecule has 1 aliphatic carbocycles. The number of aromatic nitrogens is 3. The van der Waals surface area contributed by atoms with Crippen LogP contribution in [0.2, 0.25) is 0 Å². The Morgan fingerprint density at radius 3 is 2.43 bits per heavy atom. The van der Waals surface area contributed by atoms with Gasteiger partial charge in [0, 0.05) is 47.3 Å². The predicted molar refractivity (Wildman–Crippen MR) is 181 cm³/mol. The van der Waals surface area contributed by atoms with Crippen LogP contribution in [0.1, 0.15) is 57.7 Å². The average molecular weight is 641 g/mol. The number of alkyl carbamates (subject to hydrolysis) is 1. The highest BCUT2D eigenvalue weighted by molar-refractivity contribution is 5.99. The van der Waals surface area contributed by atoms with E-state index in [1.807, 2.05) is 82.3 Å². The molecule has 2 aromatic carbocycles. The van der Waals surface area contributed by atoms with Crippen LogP contribution in [-0.2, 0) is 20.7 Å². The molecule has 2 aromatic heterocycles. The normalized spacial score (nSPS) is 17.0. The highest BCUT2D eigenvalue weighted by atomic mass is 16.6. The highest BCUT2D eigenvalue weighted by Crippen LogP contribution is 2.29. The summed E-state index contributed by atoms with van der Waals surface area (Å²) in [6.45, 7) is 7.94. The molecule has 1 atom stereocenters. The number of hydrogen-bond acceptors (Lipinski definition) is 7. The monoisotopic (exact) mass is 640 g/mol. The summed E-state index contributed by atoms with van der Waals surface area (Å²) in [5.41, 5.74) is 4.62. The summed E-state index contributed by atoms with van der Waals surface area (Å²) in [5.74, 6) is 0.185. The molecule has 0 bridgehead atoms. The van der Waals surface area contributed by atoms with Crippen molar-refractivity contribution in [1.82, 2.24) is 25.8 Å². The van der Waals surface area contributed by atoms with E-state index in [0.29, 0.717) is 37.4 Å². The first-order valence-electron chi connectivity index (χ1n) is 16.1. The number of rotatable bonds is 10. The molecule has 1 fully saturated rings. The van der Waals surface area contributed by atoms with Gasteiger partial charge in [-0.15, -0.1) is 0 Å². The summed E-state index contributed by atoms with van der Waals surface area (Å²) in [5, 5.41) is 16.8. The Kier molecular flexibility index (Phi) is 10.4. The molecule has 5 rings (SSSR count). The molecular formula is C36H44N6O5. The number of hydrogen-bond donors (Lipinski definition) is 4. The van der Waals surface area contributed by atoms with E-state index in [9.17, 15) is 14.4 Å². The molecular weight excluding hydrogens is 596 g/mol. The molecule has 2 heterocycles. The number of carbonyl (C=O) groups is 3. The maximum Gasteiger partial charge on any atom is 0.407 e. The number of nitrogens with one attached hydrogen (secondary N) is 4. The van der Waals surface area contributed by atoms with E-state index >= 15 is 0 Å². The van der Waals surface area contributed by atoms with Gasteiger partial charge < -0.3 is 25.4 Å². The van der Waals surface area contributed by atoms with Gasteiger partial charge >= 0.3 is 6.09 Å². The van der Waals surface area contributed by atoms with E-state index in [2.05, 4.69) is 31.1 Å². The van der Waals surface area contributed by atoms with Gasteiger partial charge in [0.2, 0.25) is 17.7 Å². The van der Waals surface area contributed by atoms with Gasteiger partial charge in [-0.1, -0.05) is 24.3 Å². The lowest BCUT2D eigenvalue weighted by Gasteiger charge is -2.29. The minimum absolute atomic E-state index is 0.135. The maximum absolute atomic E-state index is 13.7. The number of carbonyl (C=O) groups excluding carboxylic acids is 3. The Labute approximate surface area is 275 Å². The highest BCUT2D eigenvalue weighted by Gasteiger charge is 2.30. The van der Waals surface area contributed by atoms with Crippen molar-refractivity contribution in [1.29, 1.82) is 0 Å². The van der Waals surface area contributed by atoms with Crippen LogP contribution < -0.4 is 20.7 Å². The number of aromatic amines is 1. The largest absolute Gasteiger partial charge is 0.481 e. The van der Waals surface area contributed by atoms with Crippen molar-refractivity contribution in [3.63, 3.8) is 0 Å². The Hall–Kier alpha value is -4.93. The van der Waals surface area contributed by atoms with Gasteiger partial charge in [0.05, 0.1) is 18.8 Å². The minimum atomic E-state index is -0.790. The number of amides is 3. The third-order valence-electron chi connectivity index (χ3n) is 8.47. The van der Waals surface area contributed by atoms with E-state index in [0.717, 1.165) is 46.1 Å². The molecule has 0 aliphatic heterocycles. The number of pyridine rings is 1. The topological polar surface area (TPSA) is 147 Å². The Morgan fingerprint density at radius 2 is 1.74 bits per heavy atom. The molecule has 0 radical (unpaired) electrons. The van der Waals surface area contributed by atoms with Crippen molar-refractivity contribution in [2.24, 2.45) is 11.8 Å². The fraction of sp³-hybridized carbons (Fsp3) is 0.417. The molecule has 4 N–H and O–H groups in total. The first-order valence-corrected chi connectivity index (χ1v) is 16.1. The lowest BCUT2D eigenvalue weighted by molar-refractivity contribution is -0.130. The number of fused-ring (bicyclic) bond motifs is 1. The third kappa shape index (κ3) is 9.08. The first kappa shape index (κ1) is 33.4. The summed E-state index contributed by atoms with van der Waals surface area (Å²) < 4.78 is 10.6. The van der Waals surface area contributed by atoms with Crippen LogP contribution in [0.25, 0.3) is 22.0 Å². The number of anilines is 1. The minimum Gasteiger partial charge on any atom is -0.481 e. The molecule has 1 saturated carbocycles. The fourth-order valence-electron chi connectivity index (χ4n) is 5.93. The lowest BCUT2D eigenvalue weighted by Crippen LogP contribution is -2.48. The van der Waals surface area contributed by atoms with Crippen LogP contribution >= 0.6 is 0 Å². The molecule has 0 spiro atoms. The number of aryl methyl sites for hydroxylation is 1. The second-order valence-corrected chi connectivity index (χ2v) is 13.2. The Bertz CT molecular complexity index is 1700. The molecule has 11 nitrogen and oxygen atoms in total. The molecule has 4 aromatic rings. The van der Waals surface area contributed by atoms with E-state index < -0.39 is 17.7 Å². The van der Waals surface area contributed by atoms with Gasteiger partial charge in [-0.3, -0.25) is 14.7 Å². The molecule has 11 heteroatoms. The molecule has 47 heavy (non-hydrogen) atoms. The van der Waals surface area contributed by atoms with Crippen molar-refractivity contribution in [2.45, 2.75) is 71.4 Å². The van der Waals surface area contributed by atoms with Gasteiger partial charge in [-0.05, 0) is 94.7 Å². The van der Waals surface area contributed by atoms with Gasteiger partial charge in [-0.25, -0.2) is 9.78 Å². The Balaban J connectivity index is 1.24. The standard InChI is InChI=1S/C36H44N6O5/c1-22-29(16-17-32(39-22)46-5)25-10-6-23(7-11-25)18-31(34(44)40-28-15-14-27-21-38-42-30(27)19-28)41-33(43)26-12-8-24(9-13-26)20-37-35(45)47-36(2,3)4/h6-7,10-11,14-17,19,21,24,26,31H,8-9,12-13,18,20H2,1-5H3,(H,37,45)(H,38,42)(H,40,44)(H,41,43). The summed E-state index contributed by atoms with van der Waals surface area (Å²) in [4.78, 5) is 43.8. The number of methoxy groups -OCH3 is 1. The van der Waals surface area contributed by atoms with E-state index in [4.69, 9.17) is 9.47 Å². The van der Waals surface area contributed by atoms with E-state index in [1.165, 1.54) is 0 Å². The van der Waals surface area contributed by atoms with Crippen LogP contribution in [0.3, 0.4) is 0 Å². The second kappa shape index (κ2) is 14.7. The van der Waals surface area contributed by atoms with Crippen molar-refractivity contribution in [3.05, 3.63) is 72.1 Å². The van der Waals surface area contributed by atoms with E-state index in [1.54, 1.807) is 13.3 Å². The van der Waals surface area contributed by atoms with Gasteiger partial charge in [0.15, 0.2) is 0 Å². The fourth-order valence-corrected chi connectivity index (χ4v) is 5.93. The second-order valence-electron chi connectivity index (χ2n) is 13.2. The molecule has 1 aliphatic rings. The zero-order valence-corrected chi connectivity index (χ0v) is 27.7. The van der Waals surface area contributed by atoms with Crippen molar-refractivity contribution < 1.29 is 23.9 Å². The maximum atomic E-state index is 13.7. The van der Waals surface area contributed by atoms with Crippen LogP contribution in [0.4, 0.5) is 10.5 Å². The van der Waals surface area contributed by atoms with Crippen LogP contribution in [0.15, 0.2) is 60.8 Å². The molecule has 0 saturated heterocycles. The number of ether oxygens (including phenoxy) is 2. The summed E-state index contributed by atoms with van der Waals surface area (Å²) >= 11 is 0. The van der Waals surface area contributed by atoms with Crippen LogP contribution in [0, 0.1) is 18.8 Å². The number of benzene rings is 2. The summed E-state index contributed by atoms with van der Waals surface area (Å²) in [6, 6.07) is 16.5. The zero-order valence-electron chi connectivity index (χ0n) is 27.7. The van der Waals surface area contributed by atoms with Crippen LogP contribution in [-0.4, -0.2) is 58.4 Å². The summed E-state index contributed by atoms with van der Waals surface area (Å²) in [7, 11) is 1.59. The van der Waals surface area contributed by atoms with Gasteiger partial charge in [0.1, 0.15) is 11.6 Å². The van der Waals surface area contributed by atoms with Crippen molar-refractivity contribution in [3.8, 4) is 17.0 Å². The van der Waals surface area contributed by atoms with E-state index in [-0.39, 0.29) is 23.7 Å². The number of nitrogens with zero attached hydrogens (tertiary/aromatic N) is 2. The molecule has 1 unspecified atom stereocenters. The third-order valence-corrected chi connectivity index (χ3v) is 8.47. The van der Waals surface area contributed by atoms with Gasteiger partial charge in [0.25, 0.3) is 0 Å².